The van der Waals surface area contributed by atoms with Crippen molar-refractivity contribution < 1.29 is 14.6 Å². The number of hydrogen-bond donors (Lipinski definition) is 4. The molecule has 23 heavy (non-hydrogen) atoms. The molecule has 0 fully saturated rings. The minimum atomic E-state index is -1.11. The van der Waals surface area contributed by atoms with Gasteiger partial charge in [0.2, 0.25) is 5.88 Å². The number of nitrogens with two attached hydrogens (primary N) is 1. The molecule has 2 aromatic heterocycles. The maximum Gasteiger partial charge on any atom is 0.404 e. The Morgan fingerprint density at radius 1 is 1.39 bits per heavy atom. The number of nitrogens with one attached hydrogen (secondary N) is 2. The fourth-order valence-electron chi connectivity index (χ4n) is 2.00. The van der Waals surface area contributed by atoms with Crippen molar-refractivity contribution in [2.75, 3.05) is 5.73 Å². The molecular formula is C14H12ClN5O3. The molecule has 0 bridgehead atoms. The smallest absolute Gasteiger partial charge is 0.404 e. The van der Waals surface area contributed by atoms with Crippen LogP contribution >= 0.6 is 11.6 Å². The average molecular weight is 334 g/mol. The number of ether oxygens (including phenoxy) is 1. The molecule has 0 unspecified atom stereocenters. The Morgan fingerprint density at radius 3 is 2.96 bits per heavy atom. The molecule has 118 valence electrons. The number of aromatic amines is 1. The van der Waals surface area contributed by atoms with Crippen molar-refractivity contribution in [3.63, 3.8) is 0 Å². The van der Waals surface area contributed by atoms with Crippen molar-refractivity contribution in [2.24, 2.45) is 0 Å². The van der Waals surface area contributed by atoms with Crippen LogP contribution in [0.25, 0.3) is 11.0 Å². The first-order valence-corrected chi connectivity index (χ1v) is 6.93. The van der Waals surface area contributed by atoms with Gasteiger partial charge in [0, 0.05) is 11.8 Å². The summed E-state index contributed by atoms with van der Waals surface area (Å²) in [6, 6.07) is 6.61. The summed E-state index contributed by atoms with van der Waals surface area (Å²) in [6.07, 6.45) is 0.251. The Balaban J connectivity index is 1.90. The third-order valence-electron chi connectivity index (χ3n) is 3.05. The number of halogens is 1. The molecule has 5 N–H and O–H groups in total. The summed E-state index contributed by atoms with van der Waals surface area (Å²) in [4.78, 5) is 21.8. The van der Waals surface area contributed by atoms with Gasteiger partial charge in [0.1, 0.15) is 17.6 Å². The van der Waals surface area contributed by atoms with E-state index in [1.165, 1.54) is 6.33 Å². The summed E-state index contributed by atoms with van der Waals surface area (Å²) in [5.41, 5.74) is 7.92. The van der Waals surface area contributed by atoms with Gasteiger partial charge in [-0.05, 0) is 18.2 Å². The van der Waals surface area contributed by atoms with Crippen LogP contribution in [0.3, 0.4) is 0 Å². The zero-order valence-electron chi connectivity index (χ0n) is 11.7. The van der Waals surface area contributed by atoms with Crippen molar-refractivity contribution in [3.8, 4) is 11.6 Å². The van der Waals surface area contributed by atoms with Crippen LogP contribution in [0.5, 0.6) is 11.6 Å². The zero-order chi connectivity index (χ0) is 16.4. The predicted octanol–water partition coefficient (Wildman–Crippen LogP) is 2.75. The Hall–Kier alpha value is -3.00. The fraction of sp³-hybridized carbons (Fsp3) is 0.0714. The number of H-pyrrole nitrogens is 1. The molecule has 1 amide bonds. The van der Waals surface area contributed by atoms with Gasteiger partial charge in [0.25, 0.3) is 0 Å². The van der Waals surface area contributed by atoms with Crippen LogP contribution in [-0.2, 0) is 6.54 Å². The lowest BCUT2D eigenvalue weighted by atomic mass is 10.3. The second-order valence-electron chi connectivity index (χ2n) is 4.68. The van der Waals surface area contributed by atoms with Gasteiger partial charge in [0.05, 0.1) is 22.8 Å². The molecule has 0 aliphatic rings. The van der Waals surface area contributed by atoms with Crippen molar-refractivity contribution in [1.82, 2.24) is 20.3 Å². The minimum absolute atomic E-state index is 0.124. The Kier molecular flexibility index (Phi) is 3.90. The molecule has 1 aromatic carbocycles. The molecule has 0 atom stereocenters. The summed E-state index contributed by atoms with van der Waals surface area (Å²) < 4.78 is 5.71. The molecule has 0 aliphatic heterocycles. The van der Waals surface area contributed by atoms with Gasteiger partial charge in [-0.15, -0.1) is 0 Å². The van der Waals surface area contributed by atoms with E-state index in [2.05, 4.69) is 20.3 Å². The predicted molar refractivity (Wildman–Crippen MR) is 84.7 cm³/mol. The first kappa shape index (κ1) is 14.9. The van der Waals surface area contributed by atoms with E-state index in [0.717, 1.165) is 0 Å². The van der Waals surface area contributed by atoms with E-state index < -0.39 is 6.09 Å². The third kappa shape index (κ3) is 3.27. The van der Waals surface area contributed by atoms with Crippen molar-refractivity contribution in [1.29, 1.82) is 0 Å². The first-order chi connectivity index (χ1) is 11.0. The van der Waals surface area contributed by atoms with Gasteiger partial charge in [0.15, 0.2) is 0 Å². The van der Waals surface area contributed by atoms with Crippen LogP contribution in [-0.4, -0.2) is 26.2 Å². The molecule has 0 spiro atoms. The van der Waals surface area contributed by atoms with Crippen LogP contribution in [0.4, 0.5) is 10.5 Å². The number of benzene rings is 1. The van der Waals surface area contributed by atoms with E-state index in [9.17, 15) is 4.79 Å². The maximum atomic E-state index is 10.6. The topological polar surface area (TPSA) is 126 Å². The number of fused-ring (bicyclic) bond motifs is 1. The number of amides is 1. The van der Waals surface area contributed by atoms with Crippen LogP contribution in [0.15, 0.2) is 30.6 Å². The number of anilines is 1. The number of carboxylic acid groups (broad SMARTS) is 1. The molecule has 8 nitrogen and oxygen atoms in total. The monoisotopic (exact) mass is 333 g/mol. The minimum Gasteiger partial charge on any atom is -0.465 e. The van der Waals surface area contributed by atoms with Gasteiger partial charge in [-0.25, -0.2) is 9.78 Å². The highest BCUT2D eigenvalue weighted by Gasteiger charge is 2.11. The number of nitrogens with zero attached hydrogens (tertiary/aromatic N) is 2. The number of carbonyl (C=O) groups is 1. The van der Waals surface area contributed by atoms with Gasteiger partial charge >= 0.3 is 6.09 Å². The molecule has 3 rings (SSSR count). The highest BCUT2D eigenvalue weighted by molar-refractivity contribution is 6.33. The van der Waals surface area contributed by atoms with Crippen LogP contribution in [0.2, 0.25) is 5.02 Å². The normalized spacial score (nSPS) is 10.7. The molecule has 0 aliphatic carbocycles. The van der Waals surface area contributed by atoms with Crippen LogP contribution in [0.1, 0.15) is 5.69 Å². The number of hydrogen-bond acceptors (Lipinski definition) is 5. The number of aromatic nitrogens is 3. The third-order valence-corrected chi connectivity index (χ3v) is 3.38. The second kappa shape index (κ2) is 6.01. The lowest BCUT2D eigenvalue weighted by Crippen LogP contribution is -2.19. The zero-order valence-corrected chi connectivity index (χ0v) is 12.5. The van der Waals surface area contributed by atoms with Crippen LogP contribution in [0, 0.1) is 0 Å². The molecule has 3 aromatic rings. The van der Waals surface area contributed by atoms with Gasteiger partial charge in [-0.1, -0.05) is 11.6 Å². The lowest BCUT2D eigenvalue weighted by molar-refractivity contribution is 0.194. The van der Waals surface area contributed by atoms with Crippen molar-refractivity contribution in [2.45, 2.75) is 6.54 Å². The molecule has 0 saturated carbocycles. The largest absolute Gasteiger partial charge is 0.465 e. The molecule has 2 heterocycles. The van der Waals surface area contributed by atoms with Gasteiger partial charge in [-0.3, -0.25) is 0 Å². The molecular weight excluding hydrogens is 322 g/mol. The second-order valence-corrected chi connectivity index (χ2v) is 5.08. The summed E-state index contributed by atoms with van der Waals surface area (Å²) in [7, 11) is 0. The van der Waals surface area contributed by atoms with E-state index in [0.29, 0.717) is 39.1 Å². The first-order valence-electron chi connectivity index (χ1n) is 6.55. The van der Waals surface area contributed by atoms with E-state index in [-0.39, 0.29) is 6.54 Å². The van der Waals surface area contributed by atoms with Crippen LogP contribution < -0.4 is 15.8 Å². The SMILES string of the molecule is Nc1ccc(Oc2ncnc3cc(CNC(=O)O)[nH]c23)cc1Cl. The van der Waals surface area contributed by atoms with Gasteiger partial charge in [-0.2, -0.15) is 4.98 Å². The Labute approximate surface area is 135 Å². The highest BCUT2D eigenvalue weighted by atomic mass is 35.5. The Morgan fingerprint density at radius 2 is 2.22 bits per heavy atom. The van der Waals surface area contributed by atoms with Gasteiger partial charge < -0.3 is 25.9 Å². The van der Waals surface area contributed by atoms with E-state index in [4.69, 9.17) is 27.2 Å². The lowest BCUT2D eigenvalue weighted by Gasteiger charge is -2.06. The number of rotatable bonds is 4. The molecule has 0 saturated heterocycles. The van der Waals surface area contributed by atoms with E-state index in [1.54, 1.807) is 24.3 Å². The van der Waals surface area contributed by atoms with Crippen molar-refractivity contribution in [3.05, 3.63) is 41.3 Å². The standard InChI is InChI=1S/C14H12ClN5O3/c15-9-4-8(1-2-10(9)16)23-13-12-11(18-6-19-13)3-7(20-12)5-17-14(21)22/h1-4,6,17,20H,5,16H2,(H,21,22). The molecule has 0 radical (unpaired) electrons. The Bertz CT molecular complexity index is 880. The molecule has 9 heteroatoms. The number of nitrogen functional groups attached to an aromatic ring is 1. The van der Waals surface area contributed by atoms with E-state index in [1.807, 2.05) is 0 Å². The fourth-order valence-corrected chi connectivity index (χ4v) is 2.17. The summed E-state index contributed by atoms with van der Waals surface area (Å²) in [5.74, 6) is 0.779. The van der Waals surface area contributed by atoms with E-state index >= 15 is 0 Å². The quantitative estimate of drug-likeness (QED) is 0.544. The maximum absolute atomic E-state index is 10.6. The average Bonchev–Trinajstić information content (AvgIpc) is 2.93. The summed E-state index contributed by atoms with van der Waals surface area (Å²) in [5, 5.41) is 11.3. The summed E-state index contributed by atoms with van der Waals surface area (Å²) >= 11 is 5.96. The highest BCUT2D eigenvalue weighted by Crippen LogP contribution is 2.30. The summed E-state index contributed by atoms with van der Waals surface area (Å²) in [6.45, 7) is 0.124. The van der Waals surface area contributed by atoms with Crippen molar-refractivity contribution >= 4 is 34.4 Å².